The summed E-state index contributed by atoms with van der Waals surface area (Å²) in [6.07, 6.45) is 5.34. The van der Waals surface area contributed by atoms with E-state index in [1.54, 1.807) is 0 Å². The number of hydrogen-bond donors (Lipinski definition) is 1. The average molecular weight is 185 g/mol. The molecule has 0 spiro atoms. The molecular weight excluding hydrogens is 162 g/mol. The molecule has 0 aromatic rings. The van der Waals surface area contributed by atoms with Gasteiger partial charge in [0.15, 0.2) is 0 Å². The van der Waals surface area contributed by atoms with Crippen LogP contribution in [-0.4, -0.2) is 24.8 Å². The molecule has 0 radical (unpaired) electrons. The zero-order chi connectivity index (χ0) is 9.68. The molecule has 1 aliphatic rings. The van der Waals surface area contributed by atoms with Gasteiger partial charge in [-0.3, -0.25) is 0 Å². The van der Waals surface area contributed by atoms with Crippen LogP contribution in [0, 0.1) is 0 Å². The van der Waals surface area contributed by atoms with E-state index in [2.05, 4.69) is 26.1 Å². The van der Waals surface area contributed by atoms with Crippen LogP contribution < -0.4 is 5.32 Å². The first kappa shape index (κ1) is 11.0. The van der Waals surface area contributed by atoms with Gasteiger partial charge in [-0.1, -0.05) is 27.2 Å². The van der Waals surface area contributed by atoms with Gasteiger partial charge >= 0.3 is 0 Å². The molecule has 1 heterocycles. The maximum absolute atomic E-state index is 5.69. The molecule has 2 nitrogen and oxygen atoms in total. The summed E-state index contributed by atoms with van der Waals surface area (Å²) in [6.45, 7) is 7.59. The van der Waals surface area contributed by atoms with Crippen molar-refractivity contribution in [2.24, 2.45) is 0 Å². The Morgan fingerprint density at radius 2 is 2.23 bits per heavy atom. The highest BCUT2D eigenvalue weighted by molar-refractivity contribution is 4.77. The highest BCUT2D eigenvalue weighted by atomic mass is 16.5. The van der Waals surface area contributed by atoms with Crippen LogP contribution in [0.2, 0.25) is 0 Å². The fraction of sp³-hybridized carbons (Fsp3) is 1.00. The largest absolute Gasteiger partial charge is 0.378 e. The lowest BCUT2D eigenvalue weighted by molar-refractivity contribution is -0.00433. The Labute approximate surface area is 82.0 Å². The van der Waals surface area contributed by atoms with Crippen molar-refractivity contribution in [3.63, 3.8) is 0 Å². The summed E-state index contributed by atoms with van der Waals surface area (Å²) in [7, 11) is 0. The third-order valence-corrected chi connectivity index (χ3v) is 2.55. The van der Waals surface area contributed by atoms with E-state index in [9.17, 15) is 0 Å². The monoisotopic (exact) mass is 185 g/mol. The van der Waals surface area contributed by atoms with Crippen molar-refractivity contribution in [2.75, 3.05) is 6.61 Å². The smallest absolute Gasteiger partial charge is 0.0589 e. The second kappa shape index (κ2) is 5.61. The minimum Gasteiger partial charge on any atom is -0.378 e. The topological polar surface area (TPSA) is 21.3 Å². The SMILES string of the molecule is CCCC1CC(NC(C)C)CCO1. The summed E-state index contributed by atoms with van der Waals surface area (Å²) >= 11 is 0. The molecule has 1 saturated heterocycles. The third kappa shape index (κ3) is 4.10. The summed E-state index contributed by atoms with van der Waals surface area (Å²) in [4.78, 5) is 0. The normalized spacial score (nSPS) is 29.5. The molecule has 13 heavy (non-hydrogen) atoms. The van der Waals surface area contributed by atoms with Crippen LogP contribution in [0.1, 0.15) is 46.5 Å². The van der Waals surface area contributed by atoms with E-state index in [1.807, 2.05) is 0 Å². The summed E-state index contributed by atoms with van der Waals surface area (Å²) in [5, 5.41) is 3.59. The fourth-order valence-corrected chi connectivity index (χ4v) is 2.03. The van der Waals surface area contributed by atoms with Crippen LogP contribution in [0.5, 0.6) is 0 Å². The van der Waals surface area contributed by atoms with Gasteiger partial charge in [-0.05, 0) is 19.3 Å². The van der Waals surface area contributed by atoms with Crippen LogP contribution in [0.3, 0.4) is 0 Å². The van der Waals surface area contributed by atoms with Crippen molar-refractivity contribution in [1.82, 2.24) is 5.32 Å². The predicted molar refractivity (Wildman–Crippen MR) is 55.9 cm³/mol. The van der Waals surface area contributed by atoms with Gasteiger partial charge in [0.05, 0.1) is 6.10 Å². The average Bonchev–Trinajstić information content (AvgIpc) is 2.04. The van der Waals surface area contributed by atoms with E-state index in [4.69, 9.17) is 4.74 Å². The molecule has 0 saturated carbocycles. The molecule has 0 aromatic carbocycles. The van der Waals surface area contributed by atoms with Gasteiger partial charge in [-0.25, -0.2) is 0 Å². The molecule has 0 aliphatic carbocycles. The summed E-state index contributed by atoms with van der Waals surface area (Å²) in [5.74, 6) is 0. The second-order valence-corrected chi connectivity index (χ2v) is 4.32. The Morgan fingerprint density at radius 3 is 2.85 bits per heavy atom. The summed E-state index contributed by atoms with van der Waals surface area (Å²) in [5.41, 5.74) is 0. The Bertz CT molecular complexity index is 134. The summed E-state index contributed by atoms with van der Waals surface area (Å²) < 4.78 is 5.69. The van der Waals surface area contributed by atoms with E-state index < -0.39 is 0 Å². The predicted octanol–water partition coefficient (Wildman–Crippen LogP) is 2.33. The molecular formula is C11H23NO. The fourth-order valence-electron chi connectivity index (χ4n) is 2.03. The molecule has 1 rings (SSSR count). The Balaban J connectivity index is 2.24. The van der Waals surface area contributed by atoms with E-state index in [0.29, 0.717) is 18.2 Å². The highest BCUT2D eigenvalue weighted by Gasteiger charge is 2.21. The van der Waals surface area contributed by atoms with Crippen LogP contribution in [0.15, 0.2) is 0 Å². The van der Waals surface area contributed by atoms with Crippen LogP contribution in [-0.2, 0) is 4.74 Å². The van der Waals surface area contributed by atoms with Crippen LogP contribution in [0.4, 0.5) is 0 Å². The number of nitrogens with one attached hydrogen (secondary N) is 1. The molecule has 0 aromatic heterocycles. The lowest BCUT2D eigenvalue weighted by Crippen LogP contribution is -2.42. The molecule has 1 fully saturated rings. The standard InChI is InChI=1S/C11H23NO/c1-4-5-11-8-10(6-7-13-11)12-9(2)3/h9-12H,4-8H2,1-3H3. The quantitative estimate of drug-likeness (QED) is 0.726. The number of rotatable bonds is 4. The van der Waals surface area contributed by atoms with E-state index >= 15 is 0 Å². The number of ether oxygens (including phenoxy) is 1. The first-order chi connectivity index (χ1) is 6.22. The van der Waals surface area contributed by atoms with Crippen molar-refractivity contribution in [3.8, 4) is 0 Å². The lowest BCUT2D eigenvalue weighted by atomic mass is 9.99. The van der Waals surface area contributed by atoms with Crippen molar-refractivity contribution in [1.29, 1.82) is 0 Å². The summed E-state index contributed by atoms with van der Waals surface area (Å²) in [6, 6.07) is 1.29. The molecule has 1 N–H and O–H groups in total. The third-order valence-electron chi connectivity index (χ3n) is 2.55. The van der Waals surface area contributed by atoms with Crippen LogP contribution >= 0.6 is 0 Å². The maximum Gasteiger partial charge on any atom is 0.0589 e. The first-order valence-corrected chi connectivity index (χ1v) is 5.60. The van der Waals surface area contributed by atoms with Gasteiger partial charge in [-0.15, -0.1) is 0 Å². The van der Waals surface area contributed by atoms with E-state index in [0.717, 1.165) is 6.61 Å². The second-order valence-electron chi connectivity index (χ2n) is 4.32. The van der Waals surface area contributed by atoms with Crippen LogP contribution in [0.25, 0.3) is 0 Å². The van der Waals surface area contributed by atoms with E-state index in [1.165, 1.54) is 25.7 Å². The Kier molecular flexibility index (Phi) is 4.74. The van der Waals surface area contributed by atoms with E-state index in [-0.39, 0.29) is 0 Å². The van der Waals surface area contributed by atoms with Gasteiger partial charge in [0.25, 0.3) is 0 Å². The first-order valence-electron chi connectivity index (χ1n) is 5.60. The van der Waals surface area contributed by atoms with Crippen molar-refractivity contribution < 1.29 is 4.74 Å². The minimum absolute atomic E-state index is 0.509. The van der Waals surface area contributed by atoms with Gasteiger partial charge < -0.3 is 10.1 Å². The molecule has 2 atom stereocenters. The molecule has 2 heteroatoms. The molecule has 0 amide bonds. The zero-order valence-corrected chi connectivity index (χ0v) is 9.18. The zero-order valence-electron chi connectivity index (χ0n) is 9.18. The molecule has 78 valence electrons. The van der Waals surface area contributed by atoms with Gasteiger partial charge in [0.2, 0.25) is 0 Å². The van der Waals surface area contributed by atoms with Gasteiger partial charge in [0, 0.05) is 18.7 Å². The van der Waals surface area contributed by atoms with Gasteiger partial charge in [0.1, 0.15) is 0 Å². The van der Waals surface area contributed by atoms with Gasteiger partial charge in [-0.2, -0.15) is 0 Å². The number of hydrogen-bond acceptors (Lipinski definition) is 2. The Morgan fingerprint density at radius 1 is 1.46 bits per heavy atom. The van der Waals surface area contributed by atoms with Crippen molar-refractivity contribution in [3.05, 3.63) is 0 Å². The van der Waals surface area contributed by atoms with Crippen molar-refractivity contribution >= 4 is 0 Å². The molecule has 2 unspecified atom stereocenters. The van der Waals surface area contributed by atoms with Crippen molar-refractivity contribution in [2.45, 2.75) is 64.6 Å². The maximum atomic E-state index is 5.69. The Hall–Kier alpha value is -0.0800. The molecule has 1 aliphatic heterocycles. The highest BCUT2D eigenvalue weighted by Crippen LogP contribution is 2.17. The molecule has 0 bridgehead atoms. The minimum atomic E-state index is 0.509. The lowest BCUT2D eigenvalue weighted by Gasteiger charge is -2.31.